The van der Waals surface area contributed by atoms with E-state index in [1.165, 1.54) is 25.4 Å². The van der Waals surface area contributed by atoms with Crippen LogP contribution in [0.15, 0.2) is 26.1 Å². The first-order valence-corrected chi connectivity index (χ1v) is 8.26. The minimum atomic E-state index is -4.02. The molecule has 0 atom stereocenters. The first kappa shape index (κ1) is 15.6. The van der Waals surface area contributed by atoms with E-state index in [0.717, 1.165) is 20.3 Å². The topological polar surface area (TPSA) is 103 Å². The van der Waals surface area contributed by atoms with Crippen LogP contribution in [0.25, 0.3) is 0 Å². The van der Waals surface area contributed by atoms with Gasteiger partial charge in [0.1, 0.15) is 0 Å². The van der Waals surface area contributed by atoms with Crippen LogP contribution in [0, 0.1) is 6.92 Å². The predicted molar refractivity (Wildman–Crippen MR) is 77.8 cm³/mol. The second-order valence-electron chi connectivity index (χ2n) is 4.43. The zero-order chi connectivity index (χ0) is 15.8. The molecule has 2 heterocycles. The molecule has 8 nitrogen and oxygen atoms in total. The Labute approximate surface area is 124 Å². The summed E-state index contributed by atoms with van der Waals surface area (Å²) in [6.07, 6.45) is 1.01. The lowest BCUT2D eigenvalue weighted by Crippen LogP contribution is -2.41. The van der Waals surface area contributed by atoms with Gasteiger partial charge in [-0.15, -0.1) is 11.3 Å². The highest BCUT2D eigenvalue weighted by molar-refractivity contribution is 7.89. The fourth-order valence-corrected chi connectivity index (χ4v) is 3.47. The lowest BCUT2D eigenvalue weighted by Gasteiger charge is -2.08. The molecule has 0 bridgehead atoms. The Bertz CT molecular complexity index is 892. The van der Waals surface area contributed by atoms with E-state index in [2.05, 4.69) is 9.71 Å². The molecule has 0 aliphatic rings. The normalized spacial score (nSPS) is 11.8. The van der Waals surface area contributed by atoms with Gasteiger partial charge in [0.25, 0.3) is 5.56 Å². The van der Waals surface area contributed by atoms with Crippen LogP contribution in [-0.2, 0) is 30.7 Å². The largest absolute Gasteiger partial charge is 0.330 e. The van der Waals surface area contributed by atoms with Gasteiger partial charge >= 0.3 is 5.69 Å². The molecule has 0 saturated carbocycles. The molecule has 0 aromatic carbocycles. The summed E-state index contributed by atoms with van der Waals surface area (Å²) in [4.78, 5) is 27.1. The Morgan fingerprint density at radius 2 is 2.00 bits per heavy atom. The van der Waals surface area contributed by atoms with Crippen LogP contribution in [0.1, 0.15) is 10.7 Å². The molecular weight excluding hydrogens is 316 g/mol. The number of nitrogens with one attached hydrogen (secondary N) is 1. The van der Waals surface area contributed by atoms with Crippen molar-refractivity contribution < 1.29 is 8.42 Å². The highest BCUT2D eigenvalue weighted by Gasteiger charge is 2.21. The maximum absolute atomic E-state index is 12.2. The van der Waals surface area contributed by atoms with Crippen molar-refractivity contribution >= 4 is 21.4 Å². The van der Waals surface area contributed by atoms with Gasteiger partial charge in [0.05, 0.1) is 17.2 Å². The van der Waals surface area contributed by atoms with Gasteiger partial charge in [0.2, 0.25) is 10.0 Å². The standard InChI is InChI=1S/C11H14N4O4S2/c1-7-13-8(6-20-7)4-12-21(18,19)9-5-14(2)11(17)15(3)10(9)16/h5-6,12H,4H2,1-3H3. The van der Waals surface area contributed by atoms with Crippen molar-refractivity contribution in [2.75, 3.05) is 0 Å². The Hall–Kier alpha value is -1.78. The van der Waals surface area contributed by atoms with Crippen LogP contribution in [0.4, 0.5) is 0 Å². The van der Waals surface area contributed by atoms with E-state index in [4.69, 9.17) is 0 Å². The fraction of sp³-hybridized carbons (Fsp3) is 0.364. The van der Waals surface area contributed by atoms with Crippen LogP contribution in [0.2, 0.25) is 0 Å². The smallest absolute Gasteiger partial charge is 0.302 e. The van der Waals surface area contributed by atoms with Crippen LogP contribution in [0.3, 0.4) is 0 Å². The van der Waals surface area contributed by atoms with Gasteiger partial charge in [-0.25, -0.2) is 22.9 Å². The molecule has 0 spiro atoms. The Morgan fingerprint density at radius 1 is 1.33 bits per heavy atom. The van der Waals surface area contributed by atoms with Crippen molar-refractivity contribution in [3.8, 4) is 0 Å². The van der Waals surface area contributed by atoms with E-state index in [-0.39, 0.29) is 6.54 Å². The molecule has 1 N–H and O–H groups in total. The third kappa shape index (κ3) is 3.12. The number of aryl methyl sites for hydroxylation is 2. The lowest BCUT2D eigenvalue weighted by atomic mass is 10.5. The molecule has 0 amide bonds. The van der Waals surface area contributed by atoms with E-state index in [1.54, 1.807) is 5.38 Å². The molecule has 2 aromatic rings. The molecule has 0 radical (unpaired) electrons. The number of sulfonamides is 1. The Balaban J connectivity index is 2.36. The summed E-state index contributed by atoms with van der Waals surface area (Å²) in [6, 6.07) is 0. The number of thiazole rings is 1. The zero-order valence-electron chi connectivity index (χ0n) is 11.7. The molecule has 21 heavy (non-hydrogen) atoms. The number of hydrogen-bond donors (Lipinski definition) is 1. The molecular formula is C11H14N4O4S2. The van der Waals surface area contributed by atoms with Crippen molar-refractivity contribution in [2.45, 2.75) is 18.4 Å². The molecule has 0 saturated heterocycles. The van der Waals surface area contributed by atoms with Crippen LogP contribution < -0.4 is 16.0 Å². The van der Waals surface area contributed by atoms with Gasteiger partial charge in [-0.1, -0.05) is 0 Å². The molecule has 0 unspecified atom stereocenters. The lowest BCUT2D eigenvalue weighted by molar-refractivity contribution is 0.570. The number of hydrogen-bond acceptors (Lipinski definition) is 6. The summed E-state index contributed by atoms with van der Waals surface area (Å²) in [5.41, 5.74) is -0.878. The van der Waals surface area contributed by atoms with Gasteiger partial charge in [-0.3, -0.25) is 9.36 Å². The first-order valence-electron chi connectivity index (χ1n) is 5.89. The van der Waals surface area contributed by atoms with Crippen LogP contribution in [0.5, 0.6) is 0 Å². The quantitative estimate of drug-likeness (QED) is 0.801. The second kappa shape index (κ2) is 5.54. The number of rotatable bonds is 4. The molecule has 2 rings (SSSR count). The van der Waals surface area contributed by atoms with E-state index < -0.39 is 26.2 Å². The minimum absolute atomic E-state index is 0.0152. The minimum Gasteiger partial charge on any atom is -0.302 e. The fourth-order valence-electron chi connectivity index (χ4n) is 1.70. The average molecular weight is 330 g/mol. The second-order valence-corrected chi connectivity index (χ2v) is 7.23. The number of aromatic nitrogens is 3. The Morgan fingerprint density at radius 3 is 2.57 bits per heavy atom. The maximum atomic E-state index is 12.2. The van der Waals surface area contributed by atoms with E-state index in [1.807, 2.05) is 6.92 Å². The SMILES string of the molecule is Cc1nc(CNS(=O)(=O)c2cn(C)c(=O)n(C)c2=O)cs1. The molecule has 0 aliphatic carbocycles. The summed E-state index contributed by atoms with van der Waals surface area (Å²) in [7, 11) is -1.41. The van der Waals surface area contributed by atoms with Gasteiger partial charge < -0.3 is 4.57 Å². The molecule has 2 aromatic heterocycles. The van der Waals surface area contributed by atoms with Gasteiger partial charge in [-0.05, 0) is 6.92 Å². The highest BCUT2D eigenvalue weighted by atomic mass is 32.2. The highest BCUT2D eigenvalue weighted by Crippen LogP contribution is 2.08. The van der Waals surface area contributed by atoms with E-state index in [0.29, 0.717) is 5.69 Å². The average Bonchev–Trinajstić information content (AvgIpc) is 2.84. The molecule has 10 heteroatoms. The molecule has 0 fully saturated rings. The maximum Gasteiger partial charge on any atom is 0.330 e. The van der Waals surface area contributed by atoms with Gasteiger partial charge in [-0.2, -0.15) is 0 Å². The number of nitrogens with zero attached hydrogens (tertiary/aromatic N) is 3. The molecule has 0 aliphatic heterocycles. The van der Waals surface area contributed by atoms with E-state index in [9.17, 15) is 18.0 Å². The summed E-state index contributed by atoms with van der Waals surface area (Å²) in [6.45, 7) is 1.80. The van der Waals surface area contributed by atoms with Gasteiger partial charge in [0, 0.05) is 25.7 Å². The van der Waals surface area contributed by atoms with Crippen LogP contribution >= 0.6 is 11.3 Å². The van der Waals surface area contributed by atoms with Crippen molar-refractivity contribution in [3.05, 3.63) is 43.1 Å². The first-order chi connectivity index (χ1) is 9.72. The van der Waals surface area contributed by atoms with Crippen molar-refractivity contribution in [3.63, 3.8) is 0 Å². The molecule has 114 valence electrons. The predicted octanol–water partition coefficient (Wildman–Crippen LogP) is -0.673. The third-order valence-corrected chi connectivity index (χ3v) is 5.02. The summed E-state index contributed by atoms with van der Waals surface area (Å²) < 4.78 is 28.5. The van der Waals surface area contributed by atoms with Crippen LogP contribution in [-0.4, -0.2) is 22.5 Å². The summed E-state index contributed by atoms with van der Waals surface area (Å²) >= 11 is 1.40. The summed E-state index contributed by atoms with van der Waals surface area (Å²) in [5.74, 6) is 0. The van der Waals surface area contributed by atoms with E-state index >= 15 is 0 Å². The van der Waals surface area contributed by atoms with Gasteiger partial charge in [0.15, 0.2) is 4.90 Å². The Kier molecular flexibility index (Phi) is 4.12. The monoisotopic (exact) mass is 330 g/mol. The summed E-state index contributed by atoms with van der Waals surface area (Å²) in [5, 5.41) is 2.55. The third-order valence-electron chi connectivity index (χ3n) is 2.81. The van der Waals surface area contributed by atoms with Crippen molar-refractivity contribution in [2.24, 2.45) is 14.1 Å². The zero-order valence-corrected chi connectivity index (χ0v) is 13.3. The van der Waals surface area contributed by atoms with Crippen molar-refractivity contribution in [1.82, 2.24) is 18.8 Å². The van der Waals surface area contributed by atoms with Crippen molar-refractivity contribution in [1.29, 1.82) is 0 Å².